The number of aromatic nitrogens is 2. The van der Waals surface area contributed by atoms with Gasteiger partial charge in [0.05, 0.1) is 24.6 Å². The Morgan fingerprint density at radius 2 is 2.44 bits per heavy atom. The minimum atomic E-state index is 0.680. The molecule has 0 amide bonds. The van der Waals surface area contributed by atoms with Crippen LogP contribution in [0.25, 0.3) is 0 Å². The van der Waals surface area contributed by atoms with Crippen molar-refractivity contribution in [1.82, 2.24) is 9.97 Å². The van der Waals surface area contributed by atoms with Crippen LogP contribution in [0, 0.1) is 6.92 Å². The van der Waals surface area contributed by atoms with Crippen molar-refractivity contribution in [2.45, 2.75) is 20.1 Å². The Labute approximate surface area is 53.1 Å². The molecule has 2 rings (SSSR count). The van der Waals surface area contributed by atoms with Gasteiger partial charge in [-0.25, -0.2) is 4.98 Å². The first-order valence-electron chi connectivity index (χ1n) is 2.98. The highest BCUT2D eigenvalue weighted by molar-refractivity contribution is 5.15. The van der Waals surface area contributed by atoms with Crippen LogP contribution >= 0.6 is 0 Å². The lowest BCUT2D eigenvalue weighted by Crippen LogP contribution is -1.82. The maximum absolute atomic E-state index is 5.12. The van der Waals surface area contributed by atoms with E-state index in [0.717, 1.165) is 17.2 Å². The van der Waals surface area contributed by atoms with Crippen molar-refractivity contribution in [2.24, 2.45) is 0 Å². The number of H-pyrrole nitrogens is 1. The van der Waals surface area contributed by atoms with Gasteiger partial charge >= 0.3 is 0 Å². The van der Waals surface area contributed by atoms with Crippen molar-refractivity contribution < 1.29 is 4.74 Å². The molecule has 0 saturated heterocycles. The summed E-state index contributed by atoms with van der Waals surface area (Å²) in [5, 5.41) is 0. The van der Waals surface area contributed by atoms with Crippen LogP contribution in [0.4, 0.5) is 0 Å². The summed E-state index contributed by atoms with van der Waals surface area (Å²) in [6, 6.07) is 0. The molecule has 1 aromatic rings. The van der Waals surface area contributed by atoms with Gasteiger partial charge in [-0.3, -0.25) is 0 Å². The highest BCUT2D eigenvalue weighted by Gasteiger charge is 2.13. The third-order valence-corrected chi connectivity index (χ3v) is 1.47. The second kappa shape index (κ2) is 1.57. The van der Waals surface area contributed by atoms with Crippen LogP contribution in [0.1, 0.15) is 17.2 Å². The Bertz CT molecular complexity index is 207. The number of fused-ring (bicyclic) bond motifs is 1. The highest BCUT2D eigenvalue weighted by Crippen LogP contribution is 2.15. The van der Waals surface area contributed by atoms with E-state index in [4.69, 9.17) is 4.74 Å². The molecule has 0 radical (unpaired) electrons. The quantitative estimate of drug-likeness (QED) is 0.554. The van der Waals surface area contributed by atoms with Crippen molar-refractivity contribution in [3.8, 4) is 0 Å². The number of aryl methyl sites for hydroxylation is 1. The number of imidazole rings is 1. The Morgan fingerprint density at radius 1 is 1.56 bits per heavy atom. The molecule has 1 N–H and O–H groups in total. The number of aromatic amines is 1. The van der Waals surface area contributed by atoms with Crippen molar-refractivity contribution in [1.29, 1.82) is 0 Å². The fourth-order valence-electron chi connectivity index (χ4n) is 1.08. The van der Waals surface area contributed by atoms with Crippen LogP contribution in [-0.4, -0.2) is 9.97 Å². The molecule has 2 heterocycles. The van der Waals surface area contributed by atoms with Crippen LogP contribution in [-0.2, 0) is 18.0 Å². The van der Waals surface area contributed by atoms with Crippen molar-refractivity contribution >= 4 is 0 Å². The van der Waals surface area contributed by atoms with Gasteiger partial charge < -0.3 is 9.72 Å². The molecule has 1 aliphatic rings. The fourth-order valence-corrected chi connectivity index (χ4v) is 1.08. The number of nitrogens with one attached hydrogen (secondary N) is 1. The van der Waals surface area contributed by atoms with Gasteiger partial charge in [-0.1, -0.05) is 0 Å². The number of hydrogen-bond donors (Lipinski definition) is 1. The fraction of sp³-hybridized carbons (Fsp3) is 0.500. The topological polar surface area (TPSA) is 37.9 Å². The average Bonchev–Trinajstić information content (AvgIpc) is 2.22. The third kappa shape index (κ3) is 0.650. The zero-order chi connectivity index (χ0) is 6.27. The van der Waals surface area contributed by atoms with Crippen LogP contribution in [0.2, 0.25) is 0 Å². The van der Waals surface area contributed by atoms with Crippen LogP contribution in [0.3, 0.4) is 0 Å². The molecule has 1 aromatic heterocycles. The zero-order valence-corrected chi connectivity index (χ0v) is 5.27. The first-order chi connectivity index (χ1) is 4.36. The van der Waals surface area contributed by atoms with E-state index in [9.17, 15) is 0 Å². The second-order valence-electron chi connectivity index (χ2n) is 2.24. The molecule has 0 bridgehead atoms. The second-order valence-corrected chi connectivity index (χ2v) is 2.24. The van der Waals surface area contributed by atoms with Gasteiger partial charge in [-0.05, 0) is 6.92 Å². The lowest BCUT2D eigenvalue weighted by atomic mass is 10.4. The van der Waals surface area contributed by atoms with Crippen molar-refractivity contribution in [3.63, 3.8) is 0 Å². The van der Waals surface area contributed by atoms with Crippen molar-refractivity contribution in [3.05, 3.63) is 17.2 Å². The third-order valence-electron chi connectivity index (χ3n) is 1.47. The van der Waals surface area contributed by atoms with E-state index in [2.05, 4.69) is 9.97 Å². The van der Waals surface area contributed by atoms with Crippen LogP contribution < -0.4 is 0 Å². The lowest BCUT2D eigenvalue weighted by Gasteiger charge is -1.85. The van der Waals surface area contributed by atoms with E-state index in [1.54, 1.807) is 0 Å². The Morgan fingerprint density at radius 3 is 3.22 bits per heavy atom. The molecular formula is C6H8N2O. The predicted molar refractivity (Wildman–Crippen MR) is 31.8 cm³/mol. The van der Waals surface area contributed by atoms with E-state index < -0.39 is 0 Å². The van der Waals surface area contributed by atoms with Gasteiger partial charge in [0, 0.05) is 0 Å². The van der Waals surface area contributed by atoms with Gasteiger partial charge in [0.1, 0.15) is 5.82 Å². The zero-order valence-electron chi connectivity index (χ0n) is 5.27. The molecule has 0 fully saturated rings. The molecule has 0 aliphatic carbocycles. The van der Waals surface area contributed by atoms with Gasteiger partial charge in [0.25, 0.3) is 0 Å². The average molecular weight is 124 g/mol. The monoisotopic (exact) mass is 124 g/mol. The summed E-state index contributed by atoms with van der Waals surface area (Å²) in [6.07, 6.45) is 0. The van der Waals surface area contributed by atoms with Gasteiger partial charge in [0.2, 0.25) is 0 Å². The molecule has 1 aliphatic heterocycles. The van der Waals surface area contributed by atoms with E-state index in [1.807, 2.05) is 6.92 Å². The maximum Gasteiger partial charge on any atom is 0.103 e. The van der Waals surface area contributed by atoms with E-state index in [0.29, 0.717) is 13.2 Å². The van der Waals surface area contributed by atoms with E-state index in [1.165, 1.54) is 0 Å². The molecule has 3 nitrogen and oxygen atoms in total. The first-order valence-corrected chi connectivity index (χ1v) is 2.98. The number of nitrogens with zero attached hydrogens (tertiary/aromatic N) is 1. The smallest absolute Gasteiger partial charge is 0.103 e. The molecule has 3 heteroatoms. The Kier molecular flexibility index (Phi) is 0.873. The standard InChI is InChI=1S/C6H8N2O/c1-4-7-5-2-9-3-6(5)8-4/h2-3H2,1H3,(H,7,8). The van der Waals surface area contributed by atoms with Crippen LogP contribution in [0.5, 0.6) is 0 Å². The molecule has 0 aromatic carbocycles. The maximum atomic E-state index is 5.12. The van der Waals surface area contributed by atoms with E-state index in [-0.39, 0.29) is 0 Å². The largest absolute Gasteiger partial charge is 0.369 e. The molecular weight excluding hydrogens is 116 g/mol. The van der Waals surface area contributed by atoms with Gasteiger partial charge in [-0.2, -0.15) is 0 Å². The van der Waals surface area contributed by atoms with Gasteiger partial charge in [-0.15, -0.1) is 0 Å². The SMILES string of the molecule is Cc1nc2c([nH]1)COC2. The molecule has 0 saturated carbocycles. The normalized spacial score (nSPS) is 16.1. The van der Waals surface area contributed by atoms with Gasteiger partial charge in [0.15, 0.2) is 0 Å². The summed E-state index contributed by atoms with van der Waals surface area (Å²) in [4.78, 5) is 7.33. The highest BCUT2D eigenvalue weighted by atomic mass is 16.5. The summed E-state index contributed by atoms with van der Waals surface area (Å²) in [5.74, 6) is 0.989. The molecule has 9 heavy (non-hydrogen) atoms. The summed E-state index contributed by atoms with van der Waals surface area (Å²) in [7, 11) is 0. The summed E-state index contributed by atoms with van der Waals surface area (Å²) < 4.78 is 5.12. The number of ether oxygens (including phenoxy) is 1. The number of rotatable bonds is 0. The summed E-state index contributed by atoms with van der Waals surface area (Å²) in [6.45, 7) is 3.34. The molecule has 0 atom stereocenters. The van der Waals surface area contributed by atoms with E-state index >= 15 is 0 Å². The Hall–Kier alpha value is -0.830. The van der Waals surface area contributed by atoms with Crippen LogP contribution in [0.15, 0.2) is 0 Å². The summed E-state index contributed by atoms with van der Waals surface area (Å²) in [5.41, 5.74) is 2.22. The van der Waals surface area contributed by atoms with Crippen molar-refractivity contribution in [2.75, 3.05) is 0 Å². The number of hydrogen-bond acceptors (Lipinski definition) is 2. The molecule has 48 valence electrons. The minimum absolute atomic E-state index is 0.680. The summed E-state index contributed by atoms with van der Waals surface area (Å²) >= 11 is 0. The molecule has 0 spiro atoms. The predicted octanol–water partition coefficient (Wildman–Crippen LogP) is 0.748. The molecule has 0 unspecified atom stereocenters. The Balaban J connectivity index is 2.51. The lowest BCUT2D eigenvalue weighted by molar-refractivity contribution is 0.130. The first kappa shape index (κ1) is 4.99. The minimum Gasteiger partial charge on any atom is -0.369 e.